The third kappa shape index (κ3) is 2.66. The lowest BCUT2D eigenvalue weighted by atomic mass is 9.90. The lowest BCUT2D eigenvalue weighted by Crippen LogP contribution is -2.34. The molecule has 1 aromatic carbocycles. The van der Waals surface area contributed by atoms with E-state index in [4.69, 9.17) is 5.73 Å². The summed E-state index contributed by atoms with van der Waals surface area (Å²) in [7, 11) is -3.62. The van der Waals surface area contributed by atoms with Crippen LogP contribution in [0.3, 0.4) is 0 Å². The number of aryl methyl sites for hydroxylation is 1. The SMILES string of the molecule is Cc1ccc(S(=O)(=O)N2CCC(C)(CN)C2)cc1F. The van der Waals surface area contributed by atoms with Crippen molar-refractivity contribution in [2.24, 2.45) is 11.1 Å². The molecule has 2 N–H and O–H groups in total. The van der Waals surface area contributed by atoms with Crippen molar-refractivity contribution in [1.82, 2.24) is 4.31 Å². The minimum absolute atomic E-state index is 0.0110. The first-order chi connectivity index (χ1) is 8.78. The molecule has 19 heavy (non-hydrogen) atoms. The quantitative estimate of drug-likeness (QED) is 0.915. The van der Waals surface area contributed by atoms with Gasteiger partial charge in [0.05, 0.1) is 4.90 Å². The summed E-state index contributed by atoms with van der Waals surface area (Å²) in [5.74, 6) is -0.498. The van der Waals surface area contributed by atoms with Gasteiger partial charge in [-0.2, -0.15) is 4.31 Å². The maximum atomic E-state index is 13.5. The Morgan fingerprint density at radius 2 is 2.16 bits per heavy atom. The Balaban J connectivity index is 2.31. The zero-order chi connectivity index (χ0) is 14.3. The highest BCUT2D eigenvalue weighted by Crippen LogP contribution is 2.32. The summed E-state index contributed by atoms with van der Waals surface area (Å²) in [5.41, 5.74) is 5.93. The predicted octanol–water partition coefficient (Wildman–Crippen LogP) is 1.49. The van der Waals surface area contributed by atoms with E-state index in [0.717, 1.165) is 12.5 Å². The highest BCUT2D eigenvalue weighted by atomic mass is 32.2. The standard InChI is InChI=1S/C13H19FN2O2S/c1-10-3-4-11(7-12(10)14)19(17,18)16-6-5-13(2,8-15)9-16/h3-4,7H,5-6,8-9,15H2,1-2H3. The first-order valence-electron chi connectivity index (χ1n) is 6.25. The number of halogens is 1. The number of nitrogens with two attached hydrogens (primary N) is 1. The lowest BCUT2D eigenvalue weighted by Gasteiger charge is -2.22. The molecule has 2 rings (SSSR count). The van der Waals surface area contributed by atoms with Crippen LogP contribution in [0, 0.1) is 18.2 Å². The van der Waals surface area contributed by atoms with Crippen molar-refractivity contribution in [3.8, 4) is 0 Å². The van der Waals surface area contributed by atoms with Crippen LogP contribution < -0.4 is 5.73 Å². The minimum atomic E-state index is -3.62. The van der Waals surface area contributed by atoms with Gasteiger partial charge in [0, 0.05) is 13.1 Å². The van der Waals surface area contributed by atoms with Crippen LogP contribution in [0.2, 0.25) is 0 Å². The van der Waals surface area contributed by atoms with E-state index in [9.17, 15) is 12.8 Å². The van der Waals surface area contributed by atoms with Gasteiger partial charge in [0.2, 0.25) is 10.0 Å². The smallest absolute Gasteiger partial charge is 0.243 e. The van der Waals surface area contributed by atoms with Crippen molar-refractivity contribution >= 4 is 10.0 Å². The van der Waals surface area contributed by atoms with Gasteiger partial charge in [-0.1, -0.05) is 13.0 Å². The van der Waals surface area contributed by atoms with Crippen molar-refractivity contribution < 1.29 is 12.8 Å². The van der Waals surface area contributed by atoms with Crippen LogP contribution >= 0.6 is 0 Å². The third-order valence-corrected chi connectivity index (χ3v) is 5.64. The fraction of sp³-hybridized carbons (Fsp3) is 0.538. The largest absolute Gasteiger partial charge is 0.330 e. The first-order valence-corrected chi connectivity index (χ1v) is 7.69. The molecular weight excluding hydrogens is 267 g/mol. The van der Waals surface area contributed by atoms with Crippen molar-refractivity contribution in [2.75, 3.05) is 19.6 Å². The van der Waals surface area contributed by atoms with Crippen molar-refractivity contribution in [3.63, 3.8) is 0 Å². The number of nitrogens with zero attached hydrogens (tertiary/aromatic N) is 1. The molecule has 106 valence electrons. The van der Waals surface area contributed by atoms with Gasteiger partial charge in [-0.3, -0.25) is 0 Å². The second-order valence-corrected chi connectivity index (χ2v) is 7.45. The Bertz CT molecular complexity index is 588. The van der Waals surface area contributed by atoms with Gasteiger partial charge in [-0.15, -0.1) is 0 Å². The van der Waals surface area contributed by atoms with Crippen molar-refractivity contribution in [2.45, 2.75) is 25.2 Å². The molecule has 4 nitrogen and oxygen atoms in total. The maximum absolute atomic E-state index is 13.5. The van der Waals surface area contributed by atoms with Gasteiger partial charge in [0.15, 0.2) is 0 Å². The summed E-state index contributed by atoms with van der Waals surface area (Å²) in [6.07, 6.45) is 0.733. The summed E-state index contributed by atoms with van der Waals surface area (Å²) >= 11 is 0. The molecule has 1 unspecified atom stereocenters. The van der Waals surface area contributed by atoms with Gasteiger partial charge < -0.3 is 5.73 Å². The van der Waals surface area contributed by atoms with Crippen LogP contribution in [0.15, 0.2) is 23.1 Å². The monoisotopic (exact) mass is 286 g/mol. The second kappa shape index (κ2) is 4.85. The molecule has 0 bridgehead atoms. The Kier molecular flexibility index (Phi) is 3.68. The Morgan fingerprint density at radius 1 is 1.47 bits per heavy atom. The van der Waals surface area contributed by atoms with E-state index in [2.05, 4.69) is 0 Å². The maximum Gasteiger partial charge on any atom is 0.243 e. The van der Waals surface area contributed by atoms with Crippen LogP contribution in [0.4, 0.5) is 4.39 Å². The molecule has 1 saturated heterocycles. The fourth-order valence-corrected chi connectivity index (χ4v) is 3.84. The van der Waals surface area contributed by atoms with Crippen LogP contribution in [0.1, 0.15) is 18.9 Å². The molecule has 0 aromatic heterocycles. The van der Waals surface area contributed by atoms with E-state index < -0.39 is 15.8 Å². The molecule has 1 fully saturated rings. The van der Waals surface area contributed by atoms with Crippen LogP contribution in [-0.2, 0) is 10.0 Å². The van der Waals surface area contributed by atoms with Crippen LogP contribution in [0.25, 0.3) is 0 Å². The molecule has 0 radical (unpaired) electrons. The van der Waals surface area contributed by atoms with Gasteiger partial charge >= 0.3 is 0 Å². The number of benzene rings is 1. The van der Waals surface area contributed by atoms with E-state index in [1.54, 1.807) is 6.92 Å². The number of hydrogen-bond donors (Lipinski definition) is 1. The molecule has 0 aliphatic carbocycles. The van der Waals surface area contributed by atoms with E-state index in [-0.39, 0.29) is 10.3 Å². The van der Waals surface area contributed by atoms with Gasteiger partial charge in [0.25, 0.3) is 0 Å². The molecule has 1 atom stereocenters. The molecule has 0 amide bonds. The van der Waals surface area contributed by atoms with Crippen molar-refractivity contribution in [3.05, 3.63) is 29.6 Å². The van der Waals surface area contributed by atoms with Gasteiger partial charge in [-0.25, -0.2) is 12.8 Å². The van der Waals surface area contributed by atoms with Crippen molar-refractivity contribution in [1.29, 1.82) is 0 Å². The lowest BCUT2D eigenvalue weighted by molar-refractivity contribution is 0.349. The van der Waals surface area contributed by atoms with E-state index >= 15 is 0 Å². The van der Waals surface area contributed by atoms with E-state index in [1.807, 2.05) is 6.92 Å². The summed E-state index contributed by atoms with van der Waals surface area (Å²) < 4.78 is 39.7. The molecule has 1 heterocycles. The van der Waals surface area contributed by atoms with E-state index in [1.165, 1.54) is 16.4 Å². The van der Waals surface area contributed by atoms with Crippen LogP contribution in [0.5, 0.6) is 0 Å². The average Bonchev–Trinajstić information content (AvgIpc) is 2.77. The fourth-order valence-electron chi connectivity index (χ4n) is 2.23. The summed E-state index contributed by atoms with van der Waals surface area (Å²) in [6, 6.07) is 4.02. The molecular formula is C13H19FN2O2S. The average molecular weight is 286 g/mol. The number of hydrogen-bond acceptors (Lipinski definition) is 3. The zero-order valence-corrected chi connectivity index (χ0v) is 12.0. The normalized spacial score (nSPS) is 24.8. The first kappa shape index (κ1) is 14.4. The molecule has 0 spiro atoms. The molecule has 1 aliphatic heterocycles. The Labute approximate surface area is 113 Å². The molecule has 6 heteroatoms. The highest BCUT2D eigenvalue weighted by Gasteiger charge is 2.39. The number of rotatable bonds is 3. The second-order valence-electron chi connectivity index (χ2n) is 5.51. The number of sulfonamides is 1. The topological polar surface area (TPSA) is 63.4 Å². The molecule has 1 aliphatic rings. The zero-order valence-electron chi connectivity index (χ0n) is 11.2. The Hall–Kier alpha value is -0.980. The Morgan fingerprint density at radius 3 is 2.68 bits per heavy atom. The predicted molar refractivity (Wildman–Crippen MR) is 71.7 cm³/mol. The summed E-state index contributed by atoms with van der Waals surface area (Å²) in [4.78, 5) is 0.0110. The van der Waals surface area contributed by atoms with Gasteiger partial charge in [-0.05, 0) is 43.0 Å². The van der Waals surface area contributed by atoms with E-state index in [0.29, 0.717) is 25.2 Å². The third-order valence-electron chi connectivity index (χ3n) is 3.80. The minimum Gasteiger partial charge on any atom is -0.330 e. The summed E-state index contributed by atoms with van der Waals surface area (Å²) in [5, 5.41) is 0. The molecule has 0 saturated carbocycles. The highest BCUT2D eigenvalue weighted by molar-refractivity contribution is 7.89. The molecule has 1 aromatic rings. The van der Waals surface area contributed by atoms with Crippen LogP contribution in [-0.4, -0.2) is 32.4 Å². The van der Waals surface area contributed by atoms with Gasteiger partial charge in [0.1, 0.15) is 5.82 Å². The summed E-state index contributed by atoms with van der Waals surface area (Å²) in [6.45, 7) is 4.85.